The van der Waals surface area contributed by atoms with Gasteiger partial charge in [-0.3, -0.25) is 19.7 Å². The minimum Gasteiger partial charge on any atom is -0.484 e. The lowest BCUT2D eigenvalue weighted by molar-refractivity contribution is -0.384. The maximum Gasteiger partial charge on any atom is 0.288 e. The van der Waals surface area contributed by atoms with E-state index in [4.69, 9.17) is 16.3 Å². The van der Waals surface area contributed by atoms with Gasteiger partial charge in [0.25, 0.3) is 17.5 Å². The second kappa shape index (κ2) is 10.9. The third kappa shape index (κ3) is 6.88. The van der Waals surface area contributed by atoms with Gasteiger partial charge in [-0.2, -0.15) is 5.10 Å². The maximum atomic E-state index is 12.1. The quantitative estimate of drug-likeness (QED) is 0.290. The number of carbonyl (C=O) groups is 2. The van der Waals surface area contributed by atoms with Gasteiger partial charge in [0.15, 0.2) is 6.61 Å². The Hall–Kier alpha value is -4.24. The van der Waals surface area contributed by atoms with E-state index in [1.54, 1.807) is 24.3 Å². The molecular weight excluding hydrogens is 448 g/mol. The zero-order chi connectivity index (χ0) is 23.8. The molecule has 9 nitrogen and oxygen atoms in total. The fourth-order valence-electron chi connectivity index (χ4n) is 2.66. The number of nitro groups is 1. The highest BCUT2D eigenvalue weighted by atomic mass is 35.5. The lowest BCUT2D eigenvalue weighted by Crippen LogP contribution is -2.20. The Kier molecular flexibility index (Phi) is 7.72. The van der Waals surface area contributed by atoms with E-state index in [1.807, 2.05) is 31.2 Å². The summed E-state index contributed by atoms with van der Waals surface area (Å²) in [6, 6.07) is 17.8. The highest BCUT2D eigenvalue weighted by molar-refractivity contribution is 6.32. The highest BCUT2D eigenvalue weighted by Gasteiger charge is 2.16. The number of benzene rings is 3. The zero-order valence-electron chi connectivity index (χ0n) is 17.4. The molecule has 0 heterocycles. The number of hydrazone groups is 1. The van der Waals surface area contributed by atoms with Crippen molar-refractivity contribution in [3.05, 3.63) is 98.6 Å². The fraction of sp³-hybridized carbons (Fsp3) is 0.0870. The molecule has 33 heavy (non-hydrogen) atoms. The van der Waals surface area contributed by atoms with E-state index < -0.39 is 10.8 Å². The summed E-state index contributed by atoms with van der Waals surface area (Å²) in [4.78, 5) is 34.4. The van der Waals surface area contributed by atoms with Crippen LogP contribution in [0.2, 0.25) is 5.02 Å². The van der Waals surface area contributed by atoms with Gasteiger partial charge in [0.1, 0.15) is 10.8 Å². The molecule has 0 radical (unpaired) electrons. The predicted molar refractivity (Wildman–Crippen MR) is 125 cm³/mol. The number of nitro benzene ring substituents is 1. The van der Waals surface area contributed by atoms with Crippen molar-refractivity contribution in [2.75, 3.05) is 11.9 Å². The molecular formula is C23H19ClN4O5. The van der Waals surface area contributed by atoms with E-state index >= 15 is 0 Å². The smallest absolute Gasteiger partial charge is 0.288 e. The number of anilines is 1. The number of hydrogen-bond donors (Lipinski definition) is 2. The third-order valence-electron chi connectivity index (χ3n) is 4.37. The van der Waals surface area contributed by atoms with Crippen molar-refractivity contribution in [3.63, 3.8) is 0 Å². The Bertz CT molecular complexity index is 1190. The molecule has 0 bridgehead atoms. The Labute approximate surface area is 194 Å². The Morgan fingerprint density at radius 2 is 1.79 bits per heavy atom. The van der Waals surface area contributed by atoms with Gasteiger partial charge >= 0.3 is 0 Å². The van der Waals surface area contributed by atoms with Crippen LogP contribution in [0.5, 0.6) is 5.75 Å². The van der Waals surface area contributed by atoms with Crippen molar-refractivity contribution in [1.82, 2.24) is 5.43 Å². The molecule has 3 rings (SSSR count). The summed E-state index contributed by atoms with van der Waals surface area (Å²) < 4.78 is 5.47. The zero-order valence-corrected chi connectivity index (χ0v) is 18.2. The summed E-state index contributed by atoms with van der Waals surface area (Å²) in [6.07, 6.45) is 1.40. The number of amides is 2. The third-order valence-corrected chi connectivity index (χ3v) is 4.69. The van der Waals surface area contributed by atoms with E-state index in [2.05, 4.69) is 15.8 Å². The molecule has 0 spiro atoms. The number of nitrogens with one attached hydrogen (secondary N) is 2. The normalized spacial score (nSPS) is 10.6. The molecule has 2 amide bonds. The largest absolute Gasteiger partial charge is 0.484 e. The molecule has 0 saturated heterocycles. The van der Waals surface area contributed by atoms with Crippen LogP contribution in [0.15, 0.2) is 71.8 Å². The second-order valence-electron chi connectivity index (χ2n) is 6.89. The first-order valence-electron chi connectivity index (χ1n) is 9.68. The van der Waals surface area contributed by atoms with Crippen molar-refractivity contribution in [3.8, 4) is 5.75 Å². The summed E-state index contributed by atoms with van der Waals surface area (Å²) in [6.45, 7) is 1.81. The summed E-state index contributed by atoms with van der Waals surface area (Å²) in [5, 5.41) is 17.5. The highest BCUT2D eigenvalue weighted by Crippen LogP contribution is 2.25. The summed E-state index contributed by atoms with van der Waals surface area (Å²) in [7, 11) is 0. The first-order valence-corrected chi connectivity index (χ1v) is 10.1. The van der Waals surface area contributed by atoms with Gasteiger partial charge < -0.3 is 10.1 Å². The van der Waals surface area contributed by atoms with E-state index in [0.717, 1.165) is 11.6 Å². The number of ether oxygens (including phenoxy) is 1. The van der Waals surface area contributed by atoms with Crippen LogP contribution in [-0.2, 0) is 4.79 Å². The maximum absolute atomic E-state index is 12.1. The van der Waals surface area contributed by atoms with E-state index in [9.17, 15) is 19.7 Å². The molecule has 0 atom stereocenters. The predicted octanol–water partition coefficient (Wildman–Crippen LogP) is 4.34. The summed E-state index contributed by atoms with van der Waals surface area (Å²) in [5.74, 6) is -0.413. The molecule has 0 aliphatic rings. The SMILES string of the molecule is Cc1ccc(NC(=O)COc2ccc(/C=N\NC(=O)c3ccc(Cl)c([N+](=O)[O-])c3)cc2)cc1. The van der Waals surface area contributed by atoms with Crippen molar-refractivity contribution in [2.24, 2.45) is 5.10 Å². The molecule has 0 aromatic heterocycles. The lowest BCUT2D eigenvalue weighted by Gasteiger charge is -2.08. The average Bonchev–Trinajstić information content (AvgIpc) is 2.80. The molecule has 0 fully saturated rings. The molecule has 0 unspecified atom stereocenters. The number of carbonyl (C=O) groups excluding carboxylic acids is 2. The number of halogens is 1. The van der Waals surface area contributed by atoms with Crippen LogP contribution in [0.25, 0.3) is 0 Å². The summed E-state index contributed by atoms with van der Waals surface area (Å²) >= 11 is 5.74. The van der Waals surface area contributed by atoms with Crippen LogP contribution in [0.3, 0.4) is 0 Å². The van der Waals surface area contributed by atoms with Gasteiger partial charge in [0, 0.05) is 17.3 Å². The monoisotopic (exact) mass is 466 g/mol. The van der Waals surface area contributed by atoms with Crippen molar-refractivity contribution in [1.29, 1.82) is 0 Å². The Balaban J connectivity index is 1.49. The number of rotatable bonds is 8. The van der Waals surface area contributed by atoms with Crippen LogP contribution >= 0.6 is 11.6 Å². The number of aryl methyl sites for hydroxylation is 1. The van der Waals surface area contributed by atoms with Crippen molar-refractivity contribution in [2.45, 2.75) is 6.92 Å². The minimum absolute atomic E-state index is 0.0518. The van der Waals surface area contributed by atoms with Crippen LogP contribution in [0, 0.1) is 17.0 Å². The van der Waals surface area contributed by atoms with Gasteiger partial charge in [-0.1, -0.05) is 29.3 Å². The van der Waals surface area contributed by atoms with Crippen LogP contribution in [0.4, 0.5) is 11.4 Å². The number of hydrogen-bond acceptors (Lipinski definition) is 6. The molecule has 168 valence electrons. The fourth-order valence-corrected chi connectivity index (χ4v) is 2.84. The van der Waals surface area contributed by atoms with E-state index in [-0.39, 0.29) is 28.8 Å². The molecule has 3 aromatic rings. The first kappa shape index (κ1) is 23.4. The van der Waals surface area contributed by atoms with Crippen LogP contribution < -0.4 is 15.5 Å². The van der Waals surface area contributed by atoms with Gasteiger partial charge in [-0.15, -0.1) is 0 Å². The van der Waals surface area contributed by atoms with Gasteiger partial charge in [0.2, 0.25) is 0 Å². The molecule has 2 N–H and O–H groups in total. The molecule has 10 heteroatoms. The first-order chi connectivity index (χ1) is 15.8. The molecule has 0 aliphatic heterocycles. The lowest BCUT2D eigenvalue weighted by atomic mass is 10.2. The Morgan fingerprint density at radius 1 is 1.09 bits per heavy atom. The van der Waals surface area contributed by atoms with Crippen LogP contribution in [0.1, 0.15) is 21.5 Å². The van der Waals surface area contributed by atoms with Gasteiger partial charge in [0.05, 0.1) is 11.1 Å². The minimum atomic E-state index is -0.669. The van der Waals surface area contributed by atoms with Crippen molar-refractivity contribution < 1.29 is 19.2 Å². The van der Waals surface area contributed by atoms with E-state index in [1.165, 1.54) is 18.3 Å². The van der Waals surface area contributed by atoms with Crippen molar-refractivity contribution >= 4 is 41.0 Å². The molecule has 3 aromatic carbocycles. The molecule has 0 saturated carbocycles. The topological polar surface area (TPSA) is 123 Å². The van der Waals surface area contributed by atoms with Gasteiger partial charge in [-0.05, 0) is 61.0 Å². The van der Waals surface area contributed by atoms with Crippen LogP contribution in [-0.4, -0.2) is 29.6 Å². The molecule has 0 aliphatic carbocycles. The van der Waals surface area contributed by atoms with Gasteiger partial charge in [-0.25, -0.2) is 5.43 Å². The standard InChI is InChI=1S/C23H19ClN4O5/c1-15-2-7-18(8-3-15)26-22(29)14-33-19-9-4-16(5-10-19)13-25-27-23(30)17-6-11-20(24)21(12-17)28(31)32/h2-13H,14H2,1H3,(H,26,29)(H,27,30)/b25-13-. The second-order valence-corrected chi connectivity index (χ2v) is 7.30. The average molecular weight is 467 g/mol. The number of nitrogens with zero attached hydrogens (tertiary/aromatic N) is 2. The Morgan fingerprint density at radius 3 is 2.45 bits per heavy atom. The van der Waals surface area contributed by atoms with E-state index in [0.29, 0.717) is 17.0 Å². The summed E-state index contributed by atoms with van der Waals surface area (Å²) in [5.41, 5.74) is 4.43.